The predicted molar refractivity (Wildman–Crippen MR) is 212 cm³/mol. The highest BCUT2D eigenvalue weighted by Gasteiger charge is 2.46. The van der Waals surface area contributed by atoms with Crippen molar-refractivity contribution in [3.63, 3.8) is 0 Å². The number of rotatable bonds is 17. The Labute approximate surface area is 338 Å². The van der Waals surface area contributed by atoms with Gasteiger partial charge in [0.15, 0.2) is 0 Å². The van der Waals surface area contributed by atoms with Crippen LogP contribution in [0.3, 0.4) is 0 Å². The molecular weight excluding hydrogens is 748 g/mol. The lowest BCUT2D eigenvalue weighted by atomic mass is 9.83. The summed E-state index contributed by atoms with van der Waals surface area (Å²) in [7, 11) is 0. The molecule has 5 atom stereocenters. The molecule has 7 N–H and O–H groups in total. The third-order valence-electron chi connectivity index (χ3n) is 10.1. The molecule has 5 unspecified atom stereocenters. The van der Waals surface area contributed by atoms with Crippen molar-refractivity contribution in [2.75, 3.05) is 13.1 Å². The number of benzene rings is 2. The lowest BCUT2D eigenvalue weighted by Crippen LogP contribution is -2.58. The minimum atomic E-state index is -1.32. The van der Waals surface area contributed by atoms with Gasteiger partial charge in [0.2, 0.25) is 29.4 Å². The smallest absolute Gasteiger partial charge is 0.335 e. The molecule has 1 aliphatic heterocycles. The number of nitrogens with two attached hydrogens (primary N) is 1. The van der Waals surface area contributed by atoms with Gasteiger partial charge in [-0.2, -0.15) is 0 Å². The topological polar surface area (TPSA) is 243 Å². The van der Waals surface area contributed by atoms with Gasteiger partial charge in [-0.25, -0.2) is 4.79 Å². The lowest BCUT2D eigenvalue weighted by Gasteiger charge is -2.35. The third kappa shape index (κ3) is 12.7. The van der Waals surface area contributed by atoms with E-state index in [-0.39, 0.29) is 42.3 Å². The lowest BCUT2D eigenvalue weighted by molar-refractivity contribution is -0.143. The number of hydrogen-bond acceptors (Lipinski definition) is 9. The highest BCUT2D eigenvalue weighted by atomic mass is 16.5. The zero-order valence-electron chi connectivity index (χ0n) is 33.7. The van der Waals surface area contributed by atoms with E-state index >= 15 is 0 Å². The normalized spacial score (nSPS) is 18.7. The maximum Gasteiger partial charge on any atom is 0.335 e. The van der Waals surface area contributed by atoms with Crippen LogP contribution in [0.2, 0.25) is 0 Å². The van der Waals surface area contributed by atoms with E-state index < -0.39 is 89.6 Å². The summed E-state index contributed by atoms with van der Waals surface area (Å²) < 4.78 is 6.24. The molecule has 314 valence electrons. The molecular formula is C42H56N6O10. The highest BCUT2D eigenvalue weighted by Crippen LogP contribution is 2.31. The number of ether oxygens (including phenoxy) is 1. The summed E-state index contributed by atoms with van der Waals surface area (Å²) >= 11 is 0. The molecule has 0 aromatic heterocycles. The van der Waals surface area contributed by atoms with E-state index in [4.69, 9.17) is 10.5 Å². The summed E-state index contributed by atoms with van der Waals surface area (Å²) in [4.78, 5) is 107. The quantitative estimate of drug-likeness (QED) is 0.128. The molecule has 4 rings (SSSR count). The first-order chi connectivity index (χ1) is 27.3. The largest absolute Gasteiger partial charge is 0.478 e. The van der Waals surface area contributed by atoms with E-state index in [0.29, 0.717) is 18.4 Å². The number of likely N-dealkylation sites (tertiary alicyclic amines) is 1. The maximum atomic E-state index is 14.6. The van der Waals surface area contributed by atoms with Crippen LogP contribution < -0.4 is 27.0 Å². The molecule has 6 amide bonds. The fraction of sp³-hybridized carbons (Fsp3) is 0.524. The van der Waals surface area contributed by atoms with Crippen LogP contribution in [0.1, 0.15) is 112 Å². The summed E-state index contributed by atoms with van der Waals surface area (Å²) in [6, 6.07) is 8.98. The first-order valence-corrected chi connectivity index (χ1v) is 19.7. The van der Waals surface area contributed by atoms with Crippen LogP contribution in [0.15, 0.2) is 54.6 Å². The number of carboxylic acids is 1. The van der Waals surface area contributed by atoms with Gasteiger partial charge in [-0.3, -0.25) is 33.6 Å². The Hall–Kier alpha value is -5.64. The number of nitrogens with one attached hydrogen (secondary N) is 4. The number of carbonyl (C=O) groups is 8. The number of carboxylic acid groups (broad SMARTS) is 1. The van der Waals surface area contributed by atoms with Crippen molar-refractivity contribution in [3.05, 3.63) is 71.3 Å². The zero-order chi connectivity index (χ0) is 42.7. The number of aromatic carboxylic acids is 1. The first kappa shape index (κ1) is 45.1. The van der Waals surface area contributed by atoms with Gasteiger partial charge in [-0.05, 0) is 81.7 Å². The molecule has 1 aliphatic carbocycles. The second-order valence-corrected chi connectivity index (χ2v) is 16.4. The van der Waals surface area contributed by atoms with E-state index in [1.807, 2.05) is 20.8 Å². The van der Waals surface area contributed by atoms with E-state index in [9.17, 15) is 43.5 Å². The predicted octanol–water partition coefficient (Wildman–Crippen LogP) is 2.41. The number of Topliss-reactive ketones (excluding diaryl/α,β-unsaturated/α-hetero) is 1. The molecule has 16 nitrogen and oxygen atoms in total. The molecule has 2 aliphatic rings. The minimum Gasteiger partial charge on any atom is -0.478 e. The molecule has 0 spiro atoms. The van der Waals surface area contributed by atoms with E-state index in [1.165, 1.54) is 29.2 Å². The molecule has 1 heterocycles. The summed E-state index contributed by atoms with van der Waals surface area (Å²) in [6.07, 6.45) is 3.55. The zero-order valence-corrected chi connectivity index (χ0v) is 33.7. The van der Waals surface area contributed by atoms with Crippen molar-refractivity contribution >= 4 is 47.2 Å². The number of hydrogen-bond donors (Lipinski definition) is 6. The fourth-order valence-electron chi connectivity index (χ4n) is 7.44. The molecule has 0 radical (unpaired) electrons. The number of ketones is 1. The van der Waals surface area contributed by atoms with E-state index in [2.05, 4.69) is 21.3 Å². The van der Waals surface area contributed by atoms with Crippen molar-refractivity contribution < 1.29 is 48.2 Å². The van der Waals surface area contributed by atoms with Gasteiger partial charge in [-0.15, -0.1) is 0 Å². The van der Waals surface area contributed by atoms with Crippen LogP contribution in [0.25, 0.3) is 0 Å². The van der Waals surface area contributed by atoms with E-state index in [1.54, 1.807) is 44.2 Å². The SMILES string of the molecule is CC(C)CC(NC(=O)C1CC(OC(C)(C)C)CN1C(=O)C(NC(=O)c1ccc(C(=O)O)cc1)C1CCCCC1)C(=O)C(=O)NCC(=O)NC(C(N)=O)c1ccccc1. The van der Waals surface area contributed by atoms with Crippen LogP contribution in [-0.4, -0.2) is 100 Å². The van der Waals surface area contributed by atoms with Gasteiger partial charge in [0.1, 0.15) is 18.1 Å². The van der Waals surface area contributed by atoms with Crippen molar-refractivity contribution in [1.29, 1.82) is 0 Å². The Kier molecular flexibility index (Phi) is 15.7. The summed E-state index contributed by atoms with van der Waals surface area (Å²) in [6.45, 7) is 8.51. The van der Waals surface area contributed by atoms with Gasteiger partial charge in [0.25, 0.3) is 11.8 Å². The molecule has 1 saturated heterocycles. The molecule has 58 heavy (non-hydrogen) atoms. The molecule has 2 aromatic rings. The van der Waals surface area contributed by atoms with Crippen LogP contribution in [-0.2, 0) is 33.5 Å². The van der Waals surface area contributed by atoms with Crippen molar-refractivity contribution in [2.45, 2.75) is 115 Å². The third-order valence-corrected chi connectivity index (χ3v) is 10.1. The molecule has 16 heteroatoms. The van der Waals surface area contributed by atoms with Gasteiger partial charge >= 0.3 is 5.97 Å². The molecule has 0 bridgehead atoms. The fourth-order valence-corrected chi connectivity index (χ4v) is 7.44. The Morgan fingerprint density at radius 3 is 2.05 bits per heavy atom. The number of amides is 6. The van der Waals surface area contributed by atoms with Gasteiger partial charge in [0, 0.05) is 18.5 Å². The summed E-state index contributed by atoms with van der Waals surface area (Å²) in [5, 5.41) is 19.6. The van der Waals surface area contributed by atoms with Crippen LogP contribution in [0, 0.1) is 11.8 Å². The van der Waals surface area contributed by atoms with Crippen molar-refractivity contribution in [1.82, 2.24) is 26.2 Å². The van der Waals surface area contributed by atoms with Crippen LogP contribution in [0.4, 0.5) is 0 Å². The average Bonchev–Trinajstić information content (AvgIpc) is 3.60. The summed E-state index contributed by atoms with van der Waals surface area (Å²) in [5.41, 5.74) is 5.44. The van der Waals surface area contributed by atoms with Crippen LogP contribution in [0.5, 0.6) is 0 Å². The number of carbonyl (C=O) groups excluding carboxylic acids is 7. The first-order valence-electron chi connectivity index (χ1n) is 19.7. The Morgan fingerprint density at radius 2 is 1.48 bits per heavy atom. The number of primary amides is 1. The number of nitrogens with zero attached hydrogens (tertiary/aromatic N) is 1. The maximum absolute atomic E-state index is 14.6. The Bertz CT molecular complexity index is 1820. The van der Waals surface area contributed by atoms with E-state index in [0.717, 1.165) is 19.3 Å². The van der Waals surface area contributed by atoms with Crippen molar-refractivity contribution in [3.8, 4) is 0 Å². The Balaban J connectivity index is 1.53. The molecule has 2 aromatic carbocycles. The monoisotopic (exact) mass is 804 g/mol. The summed E-state index contributed by atoms with van der Waals surface area (Å²) in [5.74, 6) is -7.06. The molecule has 1 saturated carbocycles. The average molecular weight is 805 g/mol. The highest BCUT2D eigenvalue weighted by molar-refractivity contribution is 6.38. The van der Waals surface area contributed by atoms with Gasteiger partial charge in [-0.1, -0.05) is 63.4 Å². The van der Waals surface area contributed by atoms with Crippen molar-refractivity contribution in [2.24, 2.45) is 17.6 Å². The van der Waals surface area contributed by atoms with Gasteiger partial charge < -0.3 is 41.7 Å². The van der Waals surface area contributed by atoms with Gasteiger partial charge in [0.05, 0.1) is 29.9 Å². The second kappa shape index (κ2) is 20.2. The Morgan fingerprint density at radius 1 is 0.862 bits per heavy atom. The van der Waals surface area contributed by atoms with Crippen LogP contribution >= 0.6 is 0 Å². The standard InChI is InChI=1S/C42H56N6O10/c1-24(2)20-30(35(50)39(54)44-22-32(49)46-33(36(43)51)25-12-8-6-9-13-25)45-38(53)31-21-29(58-42(3,4)5)23-48(31)40(55)34(26-14-10-7-11-15-26)47-37(52)27-16-18-28(19-17-27)41(56)57/h6,8-9,12-13,16-19,24,26,29-31,33-34H,7,10-11,14-15,20-23H2,1-5H3,(H2,43,51)(H,44,54)(H,45,53)(H,46,49)(H,47,52)(H,56,57). The second-order valence-electron chi connectivity index (χ2n) is 16.4. The minimum absolute atomic E-state index is 0.00155. The molecule has 2 fully saturated rings.